The molecule has 1 aliphatic rings. The van der Waals surface area contributed by atoms with E-state index >= 15 is 0 Å². The highest BCUT2D eigenvalue weighted by Gasteiger charge is 2.21. The molecule has 1 aliphatic heterocycles. The fourth-order valence-electron chi connectivity index (χ4n) is 1.52. The molecule has 1 heterocycles. The summed E-state index contributed by atoms with van der Waals surface area (Å²) in [5.41, 5.74) is 1.02. The van der Waals surface area contributed by atoms with Gasteiger partial charge in [-0.1, -0.05) is 23.7 Å². The Morgan fingerprint density at radius 3 is 3.19 bits per heavy atom. The van der Waals surface area contributed by atoms with Crippen LogP contribution in [-0.2, 0) is 11.3 Å². The van der Waals surface area contributed by atoms with Crippen molar-refractivity contribution in [2.75, 3.05) is 11.6 Å². The number of benzene rings is 1. The highest BCUT2D eigenvalue weighted by molar-refractivity contribution is 7.99. The molecule has 1 fully saturated rings. The van der Waals surface area contributed by atoms with Gasteiger partial charge in [-0.2, -0.15) is 0 Å². The summed E-state index contributed by atoms with van der Waals surface area (Å²) in [6.45, 7) is 0.530. The van der Waals surface area contributed by atoms with Crippen molar-refractivity contribution in [3.05, 3.63) is 34.9 Å². The average molecular weight is 257 g/mol. The van der Waals surface area contributed by atoms with Crippen molar-refractivity contribution in [2.45, 2.75) is 12.6 Å². The van der Waals surface area contributed by atoms with E-state index in [0.717, 1.165) is 17.2 Å². The Hall–Kier alpha value is -0.710. The van der Waals surface area contributed by atoms with Gasteiger partial charge in [-0.05, 0) is 17.7 Å². The molecule has 2 N–H and O–H groups in total. The number of nitrogens with one attached hydrogen (secondary N) is 2. The van der Waals surface area contributed by atoms with Crippen LogP contribution in [0.5, 0.6) is 0 Å². The lowest BCUT2D eigenvalue weighted by Crippen LogP contribution is -2.41. The molecular weight excluding hydrogens is 244 g/mol. The summed E-state index contributed by atoms with van der Waals surface area (Å²) in [6.07, 6.45) is 0. The highest BCUT2D eigenvalue weighted by atomic mass is 35.5. The highest BCUT2D eigenvalue weighted by Crippen LogP contribution is 2.11. The summed E-state index contributed by atoms with van der Waals surface area (Å²) < 4.78 is 0. The molecule has 5 heteroatoms. The Bertz CT molecular complexity index is 380. The molecule has 0 saturated carbocycles. The van der Waals surface area contributed by atoms with Gasteiger partial charge in [0.05, 0.1) is 6.04 Å². The molecule has 2 rings (SSSR count). The largest absolute Gasteiger partial charge is 0.351 e. The zero-order valence-electron chi connectivity index (χ0n) is 8.70. The van der Waals surface area contributed by atoms with E-state index in [0.29, 0.717) is 11.6 Å². The Morgan fingerprint density at radius 2 is 2.50 bits per heavy atom. The lowest BCUT2D eigenvalue weighted by molar-refractivity contribution is -0.122. The lowest BCUT2D eigenvalue weighted by Gasteiger charge is -2.10. The third kappa shape index (κ3) is 3.14. The van der Waals surface area contributed by atoms with E-state index in [1.165, 1.54) is 0 Å². The number of thioether (sulfide) groups is 1. The van der Waals surface area contributed by atoms with Crippen molar-refractivity contribution in [3.63, 3.8) is 0 Å². The quantitative estimate of drug-likeness (QED) is 0.864. The standard InChI is InChI=1S/C11H13ClN2OS/c12-9-3-1-2-8(4-9)5-13-11(15)10-6-16-7-14-10/h1-4,10,14H,5-7H2,(H,13,15). The maximum Gasteiger partial charge on any atom is 0.238 e. The first-order valence-corrected chi connectivity index (χ1v) is 6.62. The summed E-state index contributed by atoms with van der Waals surface area (Å²) >= 11 is 7.60. The van der Waals surface area contributed by atoms with E-state index in [1.54, 1.807) is 11.8 Å². The van der Waals surface area contributed by atoms with Crippen LogP contribution in [0.2, 0.25) is 5.02 Å². The van der Waals surface area contributed by atoms with Gasteiger partial charge in [0.15, 0.2) is 0 Å². The Morgan fingerprint density at radius 1 is 1.62 bits per heavy atom. The van der Waals surface area contributed by atoms with Crippen LogP contribution in [0.15, 0.2) is 24.3 Å². The second-order valence-corrected chi connectivity index (χ2v) is 5.09. The van der Waals surface area contributed by atoms with Crippen molar-refractivity contribution in [2.24, 2.45) is 0 Å². The van der Waals surface area contributed by atoms with Crippen LogP contribution < -0.4 is 10.6 Å². The van der Waals surface area contributed by atoms with Gasteiger partial charge < -0.3 is 5.32 Å². The Balaban J connectivity index is 1.84. The van der Waals surface area contributed by atoms with Gasteiger partial charge in [0.2, 0.25) is 5.91 Å². The first kappa shape index (κ1) is 11.8. The normalized spacial score (nSPS) is 19.7. The van der Waals surface area contributed by atoms with E-state index in [4.69, 9.17) is 11.6 Å². The number of hydrogen-bond donors (Lipinski definition) is 2. The average Bonchev–Trinajstić information content (AvgIpc) is 2.79. The van der Waals surface area contributed by atoms with Gasteiger partial charge in [0, 0.05) is 23.2 Å². The van der Waals surface area contributed by atoms with E-state index in [-0.39, 0.29) is 11.9 Å². The summed E-state index contributed by atoms with van der Waals surface area (Å²) in [5, 5.41) is 6.72. The molecule has 1 atom stereocenters. The Labute approximate surface area is 104 Å². The predicted octanol–water partition coefficient (Wildman–Crippen LogP) is 1.62. The molecule has 0 radical (unpaired) electrons. The number of amides is 1. The minimum Gasteiger partial charge on any atom is -0.351 e. The van der Waals surface area contributed by atoms with Crippen molar-refractivity contribution in [3.8, 4) is 0 Å². The number of hydrogen-bond acceptors (Lipinski definition) is 3. The van der Waals surface area contributed by atoms with Crippen LogP contribution in [0.3, 0.4) is 0 Å². The molecule has 86 valence electrons. The van der Waals surface area contributed by atoms with Gasteiger partial charge in [0.25, 0.3) is 0 Å². The van der Waals surface area contributed by atoms with Crippen LogP contribution in [0.4, 0.5) is 0 Å². The topological polar surface area (TPSA) is 41.1 Å². The molecule has 1 aromatic rings. The molecule has 16 heavy (non-hydrogen) atoms. The molecule has 0 spiro atoms. The van der Waals surface area contributed by atoms with E-state index in [2.05, 4.69) is 10.6 Å². The molecule has 0 aliphatic carbocycles. The first-order valence-electron chi connectivity index (χ1n) is 5.09. The lowest BCUT2D eigenvalue weighted by atomic mass is 10.2. The molecule has 1 unspecified atom stereocenters. The minimum atomic E-state index is -0.0517. The smallest absolute Gasteiger partial charge is 0.238 e. The number of carbonyl (C=O) groups is 1. The van der Waals surface area contributed by atoms with Crippen molar-refractivity contribution >= 4 is 29.3 Å². The van der Waals surface area contributed by atoms with Crippen LogP contribution >= 0.6 is 23.4 Å². The van der Waals surface area contributed by atoms with Gasteiger partial charge >= 0.3 is 0 Å². The second-order valence-electron chi connectivity index (χ2n) is 3.62. The van der Waals surface area contributed by atoms with Crippen molar-refractivity contribution in [1.82, 2.24) is 10.6 Å². The predicted molar refractivity (Wildman–Crippen MR) is 67.5 cm³/mol. The number of carbonyl (C=O) groups excluding carboxylic acids is 1. The zero-order chi connectivity index (χ0) is 11.4. The summed E-state index contributed by atoms with van der Waals surface area (Å²) in [6, 6.07) is 7.46. The van der Waals surface area contributed by atoms with Gasteiger partial charge in [0.1, 0.15) is 0 Å². The molecule has 1 aromatic carbocycles. The second kappa shape index (κ2) is 5.57. The third-order valence-electron chi connectivity index (χ3n) is 2.39. The van der Waals surface area contributed by atoms with E-state index in [1.807, 2.05) is 24.3 Å². The van der Waals surface area contributed by atoms with E-state index in [9.17, 15) is 4.79 Å². The minimum absolute atomic E-state index is 0.0517. The van der Waals surface area contributed by atoms with Gasteiger partial charge in [-0.25, -0.2) is 0 Å². The maximum atomic E-state index is 11.7. The van der Waals surface area contributed by atoms with Gasteiger partial charge in [-0.3, -0.25) is 10.1 Å². The summed E-state index contributed by atoms with van der Waals surface area (Å²) in [7, 11) is 0. The van der Waals surface area contributed by atoms with Gasteiger partial charge in [-0.15, -0.1) is 11.8 Å². The fraction of sp³-hybridized carbons (Fsp3) is 0.364. The molecule has 0 aromatic heterocycles. The first-order chi connectivity index (χ1) is 7.75. The van der Waals surface area contributed by atoms with Crippen molar-refractivity contribution < 1.29 is 4.79 Å². The summed E-state index contributed by atoms with van der Waals surface area (Å²) in [5.74, 6) is 1.77. The fourth-order valence-corrected chi connectivity index (χ4v) is 2.68. The van der Waals surface area contributed by atoms with Crippen LogP contribution in [-0.4, -0.2) is 23.6 Å². The Kier molecular flexibility index (Phi) is 4.09. The van der Waals surface area contributed by atoms with Crippen molar-refractivity contribution in [1.29, 1.82) is 0 Å². The summed E-state index contributed by atoms with van der Waals surface area (Å²) in [4.78, 5) is 11.7. The molecule has 1 saturated heterocycles. The molecule has 1 amide bonds. The molecular formula is C11H13ClN2OS. The number of halogens is 1. The number of rotatable bonds is 3. The zero-order valence-corrected chi connectivity index (χ0v) is 10.3. The SMILES string of the molecule is O=C(NCc1cccc(Cl)c1)C1CSCN1. The third-order valence-corrected chi connectivity index (χ3v) is 3.56. The molecule has 0 bridgehead atoms. The van der Waals surface area contributed by atoms with Crippen LogP contribution in [0, 0.1) is 0 Å². The van der Waals surface area contributed by atoms with Crippen LogP contribution in [0.1, 0.15) is 5.56 Å². The van der Waals surface area contributed by atoms with Crippen LogP contribution in [0.25, 0.3) is 0 Å². The maximum absolute atomic E-state index is 11.7. The van der Waals surface area contributed by atoms with E-state index < -0.39 is 0 Å². The monoisotopic (exact) mass is 256 g/mol. The molecule has 3 nitrogen and oxygen atoms in total.